The van der Waals surface area contributed by atoms with E-state index in [0.717, 1.165) is 6.42 Å². The van der Waals surface area contributed by atoms with E-state index in [1.54, 1.807) is 48.4 Å². The molecule has 0 aliphatic heterocycles. The maximum atomic E-state index is 12.5. The van der Waals surface area contributed by atoms with Crippen LogP contribution in [0, 0.1) is 0 Å². The van der Waals surface area contributed by atoms with E-state index in [-0.39, 0.29) is 12.1 Å². The van der Waals surface area contributed by atoms with Gasteiger partial charge in [-0.25, -0.2) is 4.79 Å². The number of amides is 2. The largest absolute Gasteiger partial charge is 0.481 e. The summed E-state index contributed by atoms with van der Waals surface area (Å²) in [5.74, 6) is 1.56. The van der Waals surface area contributed by atoms with Gasteiger partial charge in [0, 0.05) is 30.4 Å². The van der Waals surface area contributed by atoms with Crippen molar-refractivity contribution in [3.63, 3.8) is 0 Å². The monoisotopic (exact) mass is 369 g/mol. The molecule has 2 amide bonds. The number of hydrogen-bond acceptors (Lipinski definition) is 4. The molecule has 6 heteroatoms. The second-order valence-electron chi connectivity index (χ2n) is 5.94. The Balaban J connectivity index is 1.99. The van der Waals surface area contributed by atoms with Crippen molar-refractivity contribution in [2.75, 3.05) is 19.0 Å². The molecule has 1 aromatic carbocycles. The van der Waals surface area contributed by atoms with Gasteiger partial charge in [0.25, 0.3) is 0 Å². The van der Waals surface area contributed by atoms with Crippen LogP contribution in [0.25, 0.3) is 0 Å². The SMILES string of the molecule is CC/C=C/C(C)N(CC)C(=O)Nc1ccc(Oc2cccc(OC)n2)cc1. The first-order valence-corrected chi connectivity index (χ1v) is 9.10. The van der Waals surface area contributed by atoms with Crippen LogP contribution in [0.3, 0.4) is 0 Å². The van der Waals surface area contributed by atoms with Gasteiger partial charge in [-0.15, -0.1) is 0 Å². The minimum atomic E-state index is -0.131. The summed E-state index contributed by atoms with van der Waals surface area (Å²) < 4.78 is 10.8. The molecule has 144 valence electrons. The molecule has 27 heavy (non-hydrogen) atoms. The van der Waals surface area contributed by atoms with Gasteiger partial charge < -0.3 is 19.7 Å². The third-order valence-corrected chi connectivity index (χ3v) is 3.98. The van der Waals surface area contributed by atoms with Gasteiger partial charge in [0.1, 0.15) is 5.75 Å². The van der Waals surface area contributed by atoms with Gasteiger partial charge in [-0.1, -0.05) is 25.1 Å². The first kappa shape index (κ1) is 20.3. The standard InChI is InChI=1S/C21H27N3O3/c1-5-7-9-16(3)24(6-2)21(25)22-17-12-14-18(15-13-17)27-20-11-8-10-19(23-20)26-4/h7-16H,5-6H2,1-4H3,(H,22,25)/b9-7+. The minimum Gasteiger partial charge on any atom is -0.481 e. The van der Waals surface area contributed by atoms with Crippen molar-refractivity contribution in [2.24, 2.45) is 0 Å². The Morgan fingerprint density at radius 3 is 2.52 bits per heavy atom. The molecule has 0 spiro atoms. The Bertz CT molecular complexity index is 760. The Hall–Kier alpha value is -3.02. The first-order valence-electron chi connectivity index (χ1n) is 9.10. The number of anilines is 1. The lowest BCUT2D eigenvalue weighted by Crippen LogP contribution is -2.40. The van der Waals surface area contributed by atoms with Gasteiger partial charge in [-0.05, 0) is 44.5 Å². The van der Waals surface area contributed by atoms with Crippen LogP contribution in [0.5, 0.6) is 17.5 Å². The molecular weight excluding hydrogens is 342 g/mol. The average molecular weight is 369 g/mol. The maximum absolute atomic E-state index is 12.5. The van der Waals surface area contributed by atoms with E-state index < -0.39 is 0 Å². The van der Waals surface area contributed by atoms with Gasteiger partial charge in [0.2, 0.25) is 11.8 Å². The number of carbonyl (C=O) groups is 1. The lowest BCUT2D eigenvalue weighted by molar-refractivity contribution is 0.206. The molecule has 1 N–H and O–H groups in total. The molecule has 6 nitrogen and oxygen atoms in total. The molecule has 0 saturated carbocycles. The number of benzene rings is 1. The van der Waals surface area contributed by atoms with E-state index in [1.807, 2.05) is 26.0 Å². The number of aromatic nitrogens is 1. The molecule has 1 heterocycles. The second kappa shape index (κ2) is 10.2. The van der Waals surface area contributed by atoms with Crippen LogP contribution >= 0.6 is 0 Å². The predicted octanol–water partition coefficient (Wildman–Crippen LogP) is 5.09. The quantitative estimate of drug-likeness (QED) is 0.658. The van der Waals surface area contributed by atoms with Crippen molar-refractivity contribution in [1.82, 2.24) is 9.88 Å². The Morgan fingerprint density at radius 1 is 1.19 bits per heavy atom. The van der Waals surface area contributed by atoms with E-state index in [9.17, 15) is 4.79 Å². The van der Waals surface area contributed by atoms with E-state index in [4.69, 9.17) is 9.47 Å². The third kappa shape index (κ3) is 6.02. The number of methoxy groups -OCH3 is 1. The van der Waals surface area contributed by atoms with E-state index in [0.29, 0.717) is 29.7 Å². The zero-order valence-electron chi connectivity index (χ0n) is 16.3. The Labute approximate surface area is 160 Å². The molecule has 2 aromatic rings. The van der Waals surface area contributed by atoms with Gasteiger partial charge in [-0.3, -0.25) is 0 Å². The number of likely N-dealkylation sites (N-methyl/N-ethyl adjacent to an activating group) is 1. The van der Waals surface area contributed by atoms with Crippen molar-refractivity contribution in [3.8, 4) is 17.5 Å². The van der Waals surface area contributed by atoms with Gasteiger partial charge in [-0.2, -0.15) is 4.98 Å². The van der Waals surface area contributed by atoms with E-state index in [2.05, 4.69) is 23.3 Å². The lowest BCUT2D eigenvalue weighted by atomic mass is 10.2. The minimum absolute atomic E-state index is 0.0386. The highest BCUT2D eigenvalue weighted by Crippen LogP contribution is 2.23. The molecule has 0 saturated heterocycles. The van der Waals surface area contributed by atoms with Crippen LogP contribution in [0.4, 0.5) is 10.5 Å². The number of rotatable bonds is 8. The number of allylic oxidation sites excluding steroid dienone is 1. The Kier molecular flexibility index (Phi) is 7.67. The first-order chi connectivity index (χ1) is 13.1. The number of ether oxygens (including phenoxy) is 2. The second-order valence-corrected chi connectivity index (χ2v) is 5.94. The van der Waals surface area contributed by atoms with Crippen LogP contribution in [-0.4, -0.2) is 35.6 Å². The molecule has 2 rings (SSSR count). The smallest absolute Gasteiger partial charge is 0.322 e. The Morgan fingerprint density at radius 2 is 1.89 bits per heavy atom. The summed E-state index contributed by atoms with van der Waals surface area (Å²) in [5.41, 5.74) is 0.705. The predicted molar refractivity (Wildman–Crippen MR) is 108 cm³/mol. The summed E-state index contributed by atoms with van der Waals surface area (Å²) in [5, 5.41) is 2.92. The zero-order chi connectivity index (χ0) is 19.6. The van der Waals surface area contributed by atoms with Gasteiger partial charge in [0.15, 0.2) is 0 Å². The lowest BCUT2D eigenvalue weighted by Gasteiger charge is -2.26. The molecule has 0 aliphatic carbocycles. The van der Waals surface area contributed by atoms with Crippen molar-refractivity contribution < 1.29 is 14.3 Å². The highest BCUT2D eigenvalue weighted by atomic mass is 16.5. The van der Waals surface area contributed by atoms with Crippen molar-refractivity contribution in [3.05, 3.63) is 54.6 Å². The van der Waals surface area contributed by atoms with Crippen LogP contribution in [-0.2, 0) is 0 Å². The van der Waals surface area contributed by atoms with Crippen LogP contribution in [0.1, 0.15) is 27.2 Å². The van der Waals surface area contributed by atoms with Crippen molar-refractivity contribution in [2.45, 2.75) is 33.2 Å². The number of hydrogen-bond donors (Lipinski definition) is 1. The van der Waals surface area contributed by atoms with Gasteiger partial charge in [0.05, 0.1) is 7.11 Å². The molecule has 1 unspecified atom stereocenters. The van der Waals surface area contributed by atoms with Crippen LogP contribution in [0.2, 0.25) is 0 Å². The van der Waals surface area contributed by atoms with E-state index in [1.165, 1.54) is 0 Å². The van der Waals surface area contributed by atoms with Gasteiger partial charge >= 0.3 is 6.03 Å². The highest BCUT2D eigenvalue weighted by Gasteiger charge is 2.16. The normalized spacial score (nSPS) is 11.9. The fourth-order valence-corrected chi connectivity index (χ4v) is 2.54. The zero-order valence-corrected chi connectivity index (χ0v) is 16.3. The van der Waals surface area contributed by atoms with Crippen molar-refractivity contribution >= 4 is 11.7 Å². The van der Waals surface area contributed by atoms with E-state index >= 15 is 0 Å². The summed E-state index contributed by atoms with van der Waals surface area (Å²) in [7, 11) is 1.56. The summed E-state index contributed by atoms with van der Waals surface area (Å²) in [6.07, 6.45) is 5.06. The number of nitrogens with one attached hydrogen (secondary N) is 1. The summed E-state index contributed by atoms with van der Waals surface area (Å²) in [4.78, 5) is 18.5. The maximum Gasteiger partial charge on any atom is 0.322 e. The number of carbonyl (C=O) groups excluding carboxylic acids is 1. The molecule has 0 bridgehead atoms. The summed E-state index contributed by atoms with van der Waals surface area (Å²) >= 11 is 0. The third-order valence-electron chi connectivity index (χ3n) is 3.98. The van der Waals surface area contributed by atoms with Crippen molar-refractivity contribution in [1.29, 1.82) is 0 Å². The van der Waals surface area contributed by atoms with Crippen LogP contribution in [0.15, 0.2) is 54.6 Å². The average Bonchev–Trinajstić information content (AvgIpc) is 2.68. The summed E-state index contributed by atoms with van der Waals surface area (Å²) in [6.45, 7) is 6.68. The molecule has 1 atom stereocenters. The molecule has 1 aromatic heterocycles. The summed E-state index contributed by atoms with van der Waals surface area (Å²) in [6, 6.07) is 12.4. The molecule has 0 fully saturated rings. The van der Waals surface area contributed by atoms with Crippen LogP contribution < -0.4 is 14.8 Å². The number of nitrogens with zero attached hydrogens (tertiary/aromatic N) is 2. The number of pyridine rings is 1. The fourth-order valence-electron chi connectivity index (χ4n) is 2.54. The number of urea groups is 1. The molecule has 0 radical (unpaired) electrons. The topological polar surface area (TPSA) is 63.7 Å². The highest BCUT2D eigenvalue weighted by molar-refractivity contribution is 5.89. The molecular formula is C21H27N3O3. The fraction of sp³-hybridized carbons (Fsp3) is 0.333. The molecule has 0 aliphatic rings.